The van der Waals surface area contributed by atoms with Gasteiger partial charge in [-0.3, -0.25) is 14.4 Å². The van der Waals surface area contributed by atoms with Crippen molar-refractivity contribution in [1.29, 1.82) is 0 Å². The molecule has 0 heterocycles. The third-order valence-corrected chi connectivity index (χ3v) is 3.64. The van der Waals surface area contributed by atoms with E-state index in [-0.39, 0.29) is 12.5 Å². The van der Waals surface area contributed by atoms with Crippen LogP contribution >= 0.6 is 0 Å². The number of carbonyl (C=O) groups excluding carboxylic acids is 2. The topological polar surface area (TPSA) is 95.5 Å². The molecule has 0 rings (SSSR count). The molecular formula is C14H26N2O4. The van der Waals surface area contributed by atoms with Gasteiger partial charge in [0.05, 0.1) is 17.5 Å². The van der Waals surface area contributed by atoms with E-state index in [1.165, 1.54) is 0 Å². The SMILES string of the molecule is CC(C)(C)C(=O)NCC(=O)NC(C)(C)C(C)(C)C(=O)O. The maximum Gasteiger partial charge on any atom is 0.311 e. The molecule has 0 bridgehead atoms. The van der Waals surface area contributed by atoms with Gasteiger partial charge in [0.25, 0.3) is 0 Å². The maximum absolute atomic E-state index is 11.8. The molecule has 0 fully saturated rings. The van der Waals surface area contributed by atoms with E-state index in [9.17, 15) is 19.5 Å². The number of rotatable bonds is 5. The molecule has 0 radical (unpaired) electrons. The fourth-order valence-corrected chi connectivity index (χ4v) is 1.24. The highest BCUT2D eigenvalue weighted by atomic mass is 16.4. The van der Waals surface area contributed by atoms with Gasteiger partial charge in [-0.15, -0.1) is 0 Å². The molecule has 20 heavy (non-hydrogen) atoms. The lowest BCUT2D eigenvalue weighted by molar-refractivity contribution is -0.152. The first-order valence-electron chi connectivity index (χ1n) is 6.54. The Kier molecular flexibility index (Phi) is 5.35. The van der Waals surface area contributed by atoms with Gasteiger partial charge in [-0.25, -0.2) is 0 Å². The molecule has 0 aliphatic heterocycles. The molecule has 0 saturated heterocycles. The fourth-order valence-electron chi connectivity index (χ4n) is 1.24. The summed E-state index contributed by atoms with van der Waals surface area (Å²) in [7, 11) is 0. The second kappa shape index (κ2) is 5.81. The largest absolute Gasteiger partial charge is 0.481 e. The van der Waals surface area contributed by atoms with Gasteiger partial charge in [0.15, 0.2) is 0 Å². The minimum Gasteiger partial charge on any atom is -0.481 e. The van der Waals surface area contributed by atoms with Crippen LogP contribution in [0.1, 0.15) is 48.5 Å². The first kappa shape index (κ1) is 18.4. The van der Waals surface area contributed by atoms with Crippen LogP contribution < -0.4 is 10.6 Å². The molecule has 2 amide bonds. The van der Waals surface area contributed by atoms with Crippen molar-refractivity contribution < 1.29 is 19.5 Å². The van der Waals surface area contributed by atoms with Crippen molar-refractivity contribution in [3.63, 3.8) is 0 Å². The monoisotopic (exact) mass is 286 g/mol. The zero-order valence-electron chi connectivity index (χ0n) is 13.4. The Labute approximate surface area is 120 Å². The van der Waals surface area contributed by atoms with E-state index < -0.39 is 28.2 Å². The molecule has 0 saturated carbocycles. The highest BCUT2D eigenvalue weighted by Gasteiger charge is 2.44. The van der Waals surface area contributed by atoms with Gasteiger partial charge in [-0.2, -0.15) is 0 Å². The van der Waals surface area contributed by atoms with Crippen molar-refractivity contribution >= 4 is 17.8 Å². The van der Waals surface area contributed by atoms with Crippen molar-refractivity contribution in [3.8, 4) is 0 Å². The molecule has 0 unspecified atom stereocenters. The van der Waals surface area contributed by atoms with E-state index in [4.69, 9.17) is 0 Å². The fraction of sp³-hybridized carbons (Fsp3) is 0.786. The Morgan fingerprint density at radius 1 is 0.950 bits per heavy atom. The van der Waals surface area contributed by atoms with Crippen LogP contribution in [-0.4, -0.2) is 35.0 Å². The molecule has 0 spiro atoms. The van der Waals surface area contributed by atoms with E-state index in [1.54, 1.807) is 48.5 Å². The van der Waals surface area contributed by atoms with E-state index in [0.717, 1.165) is 0 Å². The number of carbonyl (C=O) groups is 3. The Hall–Kier alpha value is -1.59. The van der Waals surface area contributed by atoms with Gasteiger partial charge in [0.1, 0.15) is 0 Å². The summed E-state index contributed by atoms with van der Waals surface area (Å²) in [6.07, 6.45) is 0. The lowest BCUT2D eigenvalue weighted by Gasteiger charge is -2.38. The summed E-state index contributed by atoms with van der Waals surface area (Å²) in [5.41, 5.74) is -2.64. The predicted octanol–water partition coefficient (Wildman–Crippen LogP) is 1.15. The normalized spacial score (nSPS) is 12.8. The van der Waals surface area contributed by atoms with Crippen LogP contribution in [-0.2, 0) is 14.4 Å². The number of hydrogen-bond acceptors (Lipinski definition) is 3. The Bertz CT molecular complexity index is 406. The number of carboxylic acids is 1. The average molecular weight is 286 g/mol. The zero-order valence-corrected chi connectivity index (χ0v) is 13.4. The minimum atomic E-state index is -1.13. The molecule has 0 aliphatic carbocycles. The summed E-state index contributed by atoms with van der Waals surface area (Å²) < 4.78 is 0. The summed E-state index contributed by atoms with van der Waals surface area (Å²) in [6, 6.07) is 0. The van der Waals surface area contributed by atoms with Crippen LogP contribution in [0.15, 0.2) is 0 Å². The summed E-state index contributed by atoms with van der Waals surface area (Å²) in [5.74, 6) is -1.65. The van der Waals surface area contributed by atoms with Crippen LogP contribution in [0.25, 0.3) is 0 Å². The van der Waals surface area contributed by atoms with Gasteiger partial charge in [0, 0.05) is 5.41 Å². The zero-order chi connectivity index (χ0) is 16.4. The molecule has 0 aliphatic rings. The van der Waals surface area contributed by atoms with Crippen molar-refractivity contribution in [2.45, 2.75) is 54.0 Å². The number of aliphatic carboxylic acids is 1. The summed E-state index contributed by atoms with van der Waals surface area (Å²) in [6.45, 7) is 11.4. The summed E-state index contributed by atoms with van der Waals surface area (Å²) in [5, 5.41) is 14.4. The molecule has 0 aromatic rings. The summed E-state index contributed by atoms with van der Waals surface area (Å²) in [4.78, 5) is 34.7. The van der Waals surface area contributed by atoms with Gasteiger partial charge in [0.2, 0.25) is 11.8 Å². The van der Waals surface area contributed by atoms with E-state index in [0.29, 0.717) is 0 Å². The first-order chi connectivity index (χ1) is 8.72. The standard InChI is InChI=1S/C14H26N2O4/c1-12(2,3)10(18)15-8-9(17)16-14(6,7)13(4,5)11(19)20/h8H2,1-7H3,(H,15,18)(H,16,17)(H,19,20). The van der Waals surface area contributed by atoms with E-state index in [2.05, 4.69) is 10.6 Å². The van der Waals surface area contributed by atoms with Gasteiger partial charge in [-0.1, -0.05) is 20.8 Å². The second-order valence-corrected chi connectivity index (χ2v) is 7.04. The average Bonchev–Trinajstić information content (AvgIpc) is 2.23. The second-order valence-electron chi connectivity index (χ2n) is 7.04. The highest BCUT2D eigenvalue weighted by molar-refractivity contribution is 5.88. The Balaban J connectivity index is 4.63. The Morgan fingerprint density at radius 2 is 1.40 bits per heavy atom. The van der Waals surface area contributed by atoms with Gasteiger partial charge in [-0.05, 0) is 27.7 Å². The lowest BCUT2D eigenvalue weighted by Crippen LogP contribution is -2.58. The smallest absolute Gasteiger partial charge is 0.311 e. The molecule has 3 N–H and O–H groups in total. The van der Waals surface area contributed by atoms with Crippen LogP contribution in [0.3, 0.4) is 0 Å². The van der Waals surface area contributed by atoms with Crippen LogP contribution in [0, 0.1) is 10.8 Å². The maximum atomic E-state index is 11.8. The molecule has 0 atom stereocenters. The first-order valence-corrected chi connectivity index (χ1v) is 6.54. The number of amides is 2. The van der Waals surface area contributed by atoms with Crippen LogP contribution in [0.4, 0.5) is 0 Å². The molecule has 116 valence electrons. The van der Waals surface area contributed by atoms with E-state index >= 15 is 0 Å². The minimum absolute atomic E-state index is 0.171. The predicted molar refractivity (Wildman–Crippen MR) is 76.1 cm³/mol. The van der Waals surface area contributed by atoms with E-state index in [1.807, 2.05) is 0 Å². The molecule has 0 aromatic heterocycles. The third-order valence-electron chi connectivity index (χ3n) is 3.64. The summed E-state index contributed by atoms with van der Waals surface area (Å²) >= 11 is 0. The molecular weight excluding hydrogens is 260 g/mol. The van der Waals surface area contributed by atoms with Crippen molar-refractivity contribution in [1.82, 2.24) is 10.6 Å². The number of hydrogen-bond donors (Lipinski definition) is 3. The van der Waals surface area contributed by atoms with Gasteiger partial charge < -0.3 is 15.7 Å². The molecule has 6 nitrogen and oxygen atoms in total. The van der Waals surface area contributed by atoms with Crippen molar-refractivity contribution in [2.75, 3.05) is 6.54 Å². The Morgan fingerprint density at radius 3 is 1.75 bits per heavy atom. The molecule has 0 aromatic carbocycles. The van der Waals surface area contributed by atoms with Gasteiger partial charge >= 0.3 is 5.97 Å². The number of carboxylic acid groups (broad SMARTS) is 1. The number of nitrogens with one attached hydrogen (secondary N) is 2. The molecule has 6 heteroatoms. The van der Waals surface area contributed by atoms with Crippen molar-refractivity contribution in [3.05, 3.63) is 0 Å². The quantitative estimate of drug-likeness (QED) is 0.706. The van der Waals surface area contributed by atoms with Crippen LogP contribution in [0.2, 0.25) is 0 Å². The highest BCUT2D eigenvalue weighted by Crippen LogP contribution is 2.30. The van der Waals surface area contributed by atoms with Crippen molar-refractivity contribution in [2.24, 2.45) is 10.8 Å². The van der Waals surface area contributed by atoms with Crippen LogP contribution in [0.5, 0.6) is 0 Å². The third kappa shape index (κ3) is 4.51. The lowest BCUT2D eigenvalue weighted by atomic mass is 9.74.